The van der Waals surface area contributed by atoms with E-state index in [1.165, 1.54) is 19.2 Å². The first-order chi connectivity index (χ1) is 11.5. The van der Waals surface area contributed by atoms with Gasteiger partial charge in [0.1, 0.15) is 0 Å². The van der Waals surface area contributed by atoms with Gasteiger partial charge >= 0.3 is 0 Å². The van der Waals surface area contributed by atoms with E-state index in [9.17, 15) is 15.2 Å². The van der Waals surface area contributed by atoms with E-state index in [1.54, 1.807) is 30.5 Å². The highest BCUT2D eigenvalue weighted by molar-refractivity contribution is 6.33. The molecule has 0 aromatic heterocycles. The van der Waals surface area contributed by atoms with Gasteiger partial charge in [-0.25, -0.2) is 0 Å². The second-order valence-electron chi connectivity index (χ2n) is 4.78. The van der Waals surface area contributed by atoms with E-state index in [2.05, 4.69) is 10.3 Å². The Morgan fingerprint density at radius 3 is 2.88 bits per heavy atom. The molecule has 0 saturated carbocycles. The summed E-state index contributed by atoms with van der Waals surface area (Å²) >= 11 is 5.98. The van der Waals surface area contributed by atoms with Crippen molar-refractivity contribution < 1.29 is 14.8 Å². The predicted molar refractivity (Wildman–Crippen MR) is 93.7 cm³/mol. The number of aromatic hydroxyl groups is 1. The number of hydrogen-bond acceptors (Lipinski definition) is 6. The number of phenols is 1. The van der Waals surface area contributed by atoms with E-state index in [-0.39, 0.29) is 16.5 Å². The van der Waals surface area contributed by atoms with Gasteiger partial charge in [-0.15, -0.1) is 0 Å². The van der Waals surface area contributed by atoms with Crippen LogP contribution >= 0.6 is 11.6 Å². The largest absolute Gasteiger partial charge is 0.504 e. The average molecular weight is 350 g/mol. The highest BCUT2D eigenvalue weighted by Gasteiger charge is 2.08. The van der Waals surface area contributed by atoms with Crippen LogP contribution in [0.3, 0.4) is 0 Å². The van der Waals surface area contributed by atoms with Crippen molar-refractivity contribution in [3.63, 3.8) is 0 Å². The molecule has 2 aromatic rings. The monoisotopic (exact) mass is 349 g/mol. The molecule has 2 aromatic carbocycles. The summed E-state index contributed by atoms with van der Waals surface area (Å²) in [6, 6.07) is 9.37. The van der Waals surface area contributed by atoms with Gasteiger partial charge in [0.25, 0.3) is 5.69 Å². The molecule has 0 bridgehead atoms. The van der Waals surface area contributed by atoms with Crippen molar-refractivity contribution in [2.45, 2.75) is 0 Å². The molecule has 0 aliphatic rings. The normalized spacial score (nSPS) is 10.8. The number of nitro groups is 1. The summed E-state index contributed by atoms with van der Waals surface area (Å²) in [5.74, 6) is 0.421. The Bertz CT molecular complexity index is 765. The first-order valence-corrected chi connectivity index (χ1v) is 7.44. The van der Waals surface area contributed by atoms with Gasteiger partial charge in [0, 0.05) is 30.5 Å². The van der Waals surface area contributed by atoms with E-state index in [0.29, 0.717) is 30.1 Å². The van der Waals surface area contributed by atoms with Crippen LogP contribution in [0.1, 0.15) is 5.56 Å². The number of ether oxygens (including phenoxy) is 1. The predicted octanol–water partition coefficient (Wildman–Crippen LogP) is 3.49. The number of phenolic OH excluding ortho intramolecular Hbond substituents is 1. The van der Waals surface area contributed by atoms with Crippen molar-refractivity contribution in [3.05, 3.63) is 57.1 Å². The van der Waals surface area contributed by atoms with Gasteiger partial charge in [0.2, 0.25) is 0 Å². The zero-order valence-corrected chi connectivity index (χ0v) is 13.7. The number of methoxy groups -OCH3 is 1. The van der Waals surface area contributed by atoms with Gasteiger partial charge < -0.3 is 15.2 Å². The molecule has 0 saturated heterocycles. The standard InChI is InChI=1S/C16H16ClN3O4/c1-24-15-4-2-3-11(16(15)21)10-18-7-8-19-14-6-5-12(20(22)23)9-13(14)17/h2-6,9-10,19,21H,7-8H2,1H3. The van der Waals surface area contributed by atoms with Crippen LogP contribution in [0.25, 0.3) is 0 Å². The zero-order chi connectivity index (χ0) is 17.5. The summed E-state index contributed by atoms with van der Waals surface area (Å²) in [5, 5.41) is 23.9. The topological polar surface area (TPSA) is 97.0 Å². The summed E-state index contributed by atoms with van der Waals surface area (Å²) in [5.41, 5.74) is 1.10. The summed E-state index contributed by atoms with van der Waals surface area (Å²) in [6.45, 7) is 0.919. The number of benzene rings is 2. The molecule has 0 unspecified atom stereocenters. The molecule has 0 fully saturated rings. The lowest BCUT2D eigenvalue weighted by atomic mass is 10.2. The van der Waals surface area contributed by atoms with Crippen molar-refractivity contribution >= 4 is 29.2 Å². The van der Waals surface area contributed by atoms with Crippen LogP contribution in [0, 0.1) is 10.1 Å². The van der Waals surface area contributed by atoms with Crippen LogP contribution in [0.4, 0.5) is 11.4 Å². The minimum Gasteiger partial charge on any atom is -0.504 e. The van der Waals surface area contributed by atoms with Crippen LogP contribution in [-0.4, -0.2) is 36.4 Å². The quantitative estimate of drug-likeness (QED) is 0.345. The fourth-order valence-corrected chi connectivity index (χ4v) is 2.23. The molecule has 0 aliphatic heterocycles. The van der Waals surface area contributed by atoms with Gasteiger partial charge in [-0.1, -0.05) is 17.7 Å². The van der Waals surface area contributed by atoms with Crippen molar-refractivity contribution in [2.24, 2.45) is 4.99 Å². The number of anilines is 1. The molecule has 2 N–H and O–H groups in total. The van der Waals surface area contributed by atoms with Gasteiger partial charge in [-0.2, -0.15) is 0 Å². The number of nitrogens with zero attached hydrogens (tertiary/aromatic N) is 2. The summed E-state index contributed by atoms with van der Waals surface area (Å²) in [6.07, 6.45) is 1.55. The maximum Gasteiger partial charge on any atom is 0.271 e. The van der Waals surface area contributed by atoms with Crippen molar-refractivity contribution in [3.8, 4) is 11.5 Å². The molecule has 2 rings (SSSR count). The number of non-ortho nitro benzene ring substituents is 1. The Kier molecular flexibility index (Phi) is 5.97. The van der Waals surface area contributed by atoms with Crippen LogP contribution in [0.2, 0.25) is 5.02 Å². The lowest BCUT2D eigenvalue weighted by Crippen LogP contribution is -2.05. The Hall–Kier alpha value is -2.80. The third-order valence-electron chi connectivity index (χ3n) is 3.20. The molecular formula is C16H16ClN3O4. The van der Waals surface area contributed by atoms with Gasteiger partial charge in [-0.05, 0) is 18.2 Å². The third kappa shape index (κ3) is 4.36. The number of halogens is 1. The van der Waals surface area contributed by atoms with Crippen LogP contribution in [0.5, 0.6) is 11.5 Å². The molecule has 0 heterocycles. The van der Waals surface area contributed by atoms with Crippen molar-refractivity contribution in [1.82, 2.24) is 0 Å². The number of hydrogen-bond donors (Lipinski definition) is 2. The molecule has 24 heavy (non-hydrogen) atoms. The van der Waals surface area contributed by atoms with E-state index < -0.39 is 4.92 Å². The highest BCUT2D eigenvalue weighted by atomic mass is 35.5. The third-order valence-corrected chi connectivity index (χ3v) is 3.51. The summed E-state index contributed by atoms with van der Waals surface area (Å²) in [7, 11) is 1.48. The number of nitro benzene ring substituents is 1. The minimum absolute atomic E-state index is 0.0372. The van der Waals surface area contributed by atoms with E-state index in [4.69, 9.17) is 16.3 Å². The lowest BCUT2D eigenvalue weighted by molar-refractivity contribution is -0.384. The molecular weight excluding hydrogens is 334 g/mol. The van der Waals surface area contributed by atoms with Crippen molar-refractivity contribution in [1.29, 1.82) is 0 Å². The lowest BCUT2D eigenvalue weighted by Gasteiger charge is -2.07. The Morgan fingerprint density at radius 2 is 2.21 bits per heavy atom. The molecule has 0 atom stereocenters. The fourth-order valence-electron chi connectivity index (χ4n) is 1.99. The SMILES string of the molecule is COc1cccc(C=NCCNc2ccc([N+](=O)[O-])cc2Cl)c1O. The molecule has 0 amide bonds. The van der Waals surface area contributed by atoms with Crippen LogP contribution in [0.15, 0.2) is 41.4 Å². The number of aliphatic imine (C=N–C) groups is 1. The maximum atomic E-state index is 10.6. The van der Waals surface area contributed by atoms with Gasteiger partial charge in [-0.3, -0.25) is 15.1 Å². The highest BCUT2D eigenvalue weighted by Crippen LogP contribution is 2.28. The van der Waals surface area contributed by atoms with E-state index >= 15 is 0 Å². The van der Waals surface area contributed by atoms with Gasteiger partial charge in [0.05, 0.1) is 29.3 Å². The van der Waals surface area contributed by atoms with Crippen molar-refractivity contribution in [2.75, 3.05) is 25.5 Å². The smallest absolute Gasteiger partial charge is 0.271 e. The first-order valence-electron chi connectivity index (χ1n) is 7.06. The number of rotatable bonds is 7. The number of para-hydroxylation sites is 1. The zero-order valence-electron chi connectivity index (χ0n) is 12.9. The molecule has 0 aliphatic carbocycles. The van der Waals surface area contributed by atoms with E-state index in [0.717, 1.165) is 0 Å². The molecule has 0 spiro atoms. The molecule has 7 nitrogen and oxygen atoms in total. The molecule has 8 heteroatoms. The number of nitrogens with one attached hydrogen (secondary N) is 1. The van der Waals surface area contributed by atoms with Gasteiger partial charge in [0.15, 0.2) is 11.5 Å². The Balaban J connectivity index is 1.90. The Labute approximate surface area is 143 Å². The van der Waals surface area contributed by atoms with Crippen LogP contribution < -0.4 is 10.1 Å². The Morgan fingerprint density at radius 1 is 1.42 bits per heavy atom. The first kappa shape index (κ1) is 17.6. The molecule has 0 radical (unpaired) electrons. The second kappa shape index (κ2) is 8.16. The minimum atomic E-state index is -0.499. The maximum absolute atomic E-state index is 10.6. The fraction of sp³-hybridized carbons (Fsp3) is 0.188. The second-order valence-corrected chi connectivity index (χ2v) is 5.19. The van der Waals surface area contributed by atoms with E-state index in [1.807, 2.05) is 0 Å². The van der Waals surface area contributed by atoms with Crippen LogP contribution in [-0.2, 0) is 0 Å². The summed E-state index contributed by atoms with van der Waals surface area (Å²) < 4.78 is 5.02. The molecule has 126 valence electrons. The average Bonchev–Trinajstić information content (AvgIpc) is 2.57. The summed E-state index contributed by atoms with van der Waals surface area (Å²) in [4.78, 5) is 14.4.